The number of likely N-dealkylation sites (tertiary alicyclic amines) is 1. The molecule has 1 aromatic heterocycles. The zero-order chi connectivity index (χ0) is 21.7. The summed E-state index contributed by atoms with van der Waals surface area (Å²) in [7, 11) is 0. The number of halogens is 1. The average Bonchev–Trinajstić information content (AvgIpc) is 3.16. The van der Waals surface area contributed by atoms with Crippen molar-refractivity contribution in [2.24, 2.45) is 0 Å². The van der Waals surface area contributed by atoms with Gasteiger partial charge in [-0.1, -0.05) is 41.9 Å². The fourth-order valence-electron chi connectivity index (χ4n) is 3.11. The zero-order valence-electron chi connectivity index (χ0n) is 17.2. The number of aromatic nitrogens is 2. The van der Waals surface area contributed by atoms with Crippen molar-refractivity contribution < 1.29 is 19.1 Å². The van der Waals surface area contributed by atoms with E-state index in [1.165, 1.54) is 17.3 Å². The van der Waals surface area contributed by atoms with E-state index in [2.05, 4.69) is 9.97 Å². The molecule has 30 heavy (non-hydrogen) atoms. The standard InChI is InChI=1S/C21H25ClN4O4/c1-21(2,3)30-19(27)25-10-9-16(13-25)26(18-12-23-11-17(22)24-18)20(28)29-14-15-7-5-4-6-8-15/h4-8,11-12,16H,9-10,13-14H2,1-3H3. The minimum absolute atomic E-state index is 0.118. The predicted molar refractivity (Wildman–Crippen MR) is 112 cm³/mol. The number of carbonyl (C=O) groups excluding carboxylic acids is 2. The van der Waals surface area contributed by atoms with Gasteiger partial charge in [-0.3, -0.25) is 9.88 Å². The number of rotatable bonds is 4. The molecule has 1 aliphatic rings. The maximum absolute atomic E-state index is 13.0. The number of ether oxygens (including phenoxy) is 2. The van der Waals surface area contributed by atoms with Crippen molar-refractivity contribution in [1.82, 2.24) is 14.9 Å². The predicted octanol–water partition coefficient (Wildman–Crippen LogP) is 4.28. The highest BCUT2D eigenvalue weighted by atomic mass is 35.5. The fourth-order valence-corrected chi connectivity index (χ4v) is 3.25. The van der Waals surface area contributed by atoms with Crippen LogP contribution in [-0.4, -0.2) is 51.8 Å². The molecule has 2 amide bonds. The minimum Gasteiger partial charge on any atom is -0.444 e. The Bertz CT molecular complexity index is 888. The maximum atomic E-state index is 13.0. The summed E-state index contributed by atoms with van der Waals surface area (Å²) in [5, 5.41) is 0.162. The van der Waals surface area contributed by atoms with Crippen LogP contribution in [0.25, 0.3) is 0 Å². The Kier molecular flexibility index (Phi) is 6.77. The summed E-state index contributed by atoms with van der Waals surface area (Å²) < 4.78 is 11.0. The van der Waals surface area contributed by atoms with E-state index in [4.69, 9.17) is 21.1 Å². The topological polar surface area (TPSA) is 84.9 Å². The van der Waals surface area contributed by atoms with Crippen LogP contribution in [0.5, 0.6) is 0 Å². The summed E-state index contributed by atoms with van der Waals surface area (Å²) in [6, 6.07) is 9.04. The quantitative estimate of drug-likeness (QED) is 0.716. The first-order chi connectivity index (χ1) is 14.2. The van der Waals surface area contributed by atoms with Crippen molar-refractivity contribution >= 4 is 29.6 Å². The lowest BCUT2D eigenvalue weighted by Crippen LogP contribution is -2.44. The van der Waals surface area contributed by atoms with Crippen molar-refractivity contribution in [3.8, 4) is 0 Å². The van der Waals surface area contributed by atoms with Gasteiger partial charge in [0.25, 0.3) is 0 Å². The summed E-state index contributed by atoms with van der Waals surface area (Å²) in [6.45, 7) is 6.31. The molecule has 1 atom stereocenters. The van der Waals surface area contributed by atoms with Gasteiger partial charge in [0.05, 0.1) is 18.4 Å². The monoisotopic (exact) mass is 432 g/mol. The van der Waals surface area contributed by atoms with Crippen LogP contribution in [0.2, 0.25) is 5.15 Å². The summed E-state index contributed by atoms with van der Waals surface area (Å²) in [5.74, 6) is 0.275. The molecule has 3 rings (SSSR count). The van der Waals surface area contributed by atoms with Gasteiger partial charge in [-0.2, -0.15) is 0 Å². The highest BCUT2D eigenvalue weighted by Crippen LogP contribution is 2.25. The summed E-state index contributed by atoms with van der Waals surface area (Å²) in [6.07, 6.45) is 2.39. The molecule has 8 nitrogen and oxygen atoms in total. The third kappa shape index (κ3) is 5.82. The van der Waals surface area contributed by atoms with Crippen LogP contribution in [-0.2, 0) is 16.1 Å². The number of anilines is 1. The Morgan fingerprint density at radius 1 is 1.23 bits per heavy atom. The number of carbonyl (C=O) groups is 2. The molecule has 0 aliphatic carbocycles. The summed E-state index contributed by atoms with van der Waals surface area (Å²) >= 11 is 5.99. The van der Waals surface area contributed by atoms with Gasteiger partial charge in [0.1, 0.15) is 17.4 Å². The molecular weight excluding hydrogens is 408 g/mol. The van der Waals surface area contributed by atoms with E-state index in [1.54, 1.807) is 4.90 Å². The Morgan fingerprint density at radius 2 is 1.97 bits per heavy atom. The van der Waals surface area contributed by atoms with Gasteiger partial charge in [-0.15, -0.1) is 0 Å². The van der Waals surface area contributed by atoms with Crippen LogP contribution < -0.4 is 4.90 Å². The van der Waals surface area contributed by atoms with E-state index in [1.807, 2.05) is 51.1 Å². The smallest absolute Gasteiger partial charge is 0.416 e. The first-order valence-corrected chi connectivity index (χ1v) is 10.1. The average molecular weight is 433 g/mol. The van der Waals surface area contributed by atoms with Crippen LogP contribution in [0.4, 0.5) is 15.4 Å². The molecule has 1 saturated heterocycles. The van der Waals surface area contributed by atoms with E-state index < -0.39 is 17.8 Å². The molecule has 0 bridgehead atoms. The molecule has 160 valence electrons. The number of hydrogen-bond acceptors (Lipinski definition) is 6. The lowest BCUT2D eigenvalue weighted by atomic mass is 10.2. The van der Waals surface area contributed by atoms with Gasteiger partial charge in [0, 0.05) is 13.1 Å². The van der Waals surface area contributed by atoms with Crippen molar-refractivity contribution in [2.75, 3.05) is 18.0 Å². The second-order valence-electron chi connectivity index (χ2n) is 7.98. The Morgan fingerprint density at radius 3 is 2.63 bits per heavy atom. The fraction of sp³-hybridized carbons (Fsp3) is 0.429. The largest absolute Gasteiger partial charge is 0.444 e. The number of hydrogen-bond donors (Lipinski definition) is 0. The SMILES string of the molecule is CC(C)(C)OC(=O)N1CCC(N(C(=O)OCc2ccccc2)c2cncc(Cl)n2)C1. The molecule has 2 heterocycles. The number of benzene rings is 1. The molecule has 0 saturated carbocycles. The van der Waals surface area contributed by atoms with Gasteiger partial charge in [-0.05, 0) is 32.8 Å². The molecule has 0 radical (unpaired) electrons. The first-order valence-electron chi connectivity index (χ1n) is 9.68. The molecule has 1 fully saturated rings. The van der Waals surface area contributed by atoms with Crippen molar-refractivity contribution in [1.29, 1.82) is 0 Å². The van der Waals surface area contributed by atoms with Gasteiger partial charge < -0.3 is 14.4 Å². The van der Waals surface area contributed by atoms with Crippen LogP contribution in [0.3, 0.4) is 0 Å². The molecule has 2 aromatic rings. The van der Waals surface area contributed by atoms with E-state index in [9.17, 15) is 9.59 Å². The molecule has 9 heteroatoms. The van der Waals surface area contributed by atoms with Crippen LogP contribution >= 0.6 is 11.6 Å². The van der Waals surface area contributed by atoms with Crippen molar-refractivity contribution in [2.45, 2.75) is 45.4 Å². The zero-order valence-corrected chi connectivity index (χ0v) is 18.0. The van der Waals surface area contributed by atoms with Gasteiger partial charge in [0.15, 0.2) is 5.82 Å². The van der Waals surface area contributed by atoms with Crippen molar-refractivity contribution in [3.05, 3.63) is 53.4 Å². The third-order valence-electron chi connectivity index (χ3n) is 4.42. The normalized spacial score (nSPS) is 16.3. The second-order valence-corrected chi connectivity index (χ2v) is 8.37. The molecule has 1 aromatic carbocycles. The van der Waals surface area contributed by atoms with Crippen LogP contribution in [0.1, 0.15) is 32.8 Å². The Balaban J connectivity index is 1.75. The number of amides is 2. The number of nitrogens with zero attached hydrogens (tertiary/aromatic N) is 4. The Hall–Kier alpha value is -2.87. The highest BCUT2D eigenvalue weighted by Gasteiger charge is 2.37. The lowest BCUT2D eigenvalue weighted by Gasteiger charge is -2.28. The minimum atomic E-state index is -0.595. The first kappa shape index (κ1) is 21.8. The molecular formula is C21H25ClN4O4. The van der Waals surface area contributed by atoms with Gasteiger partial charge in [-0.25, -0.2) is 14.6 Å². The second kappa shape index (κ2) is 9.30. The molecule has 1 unspecified atom stereocenters. The molecule has 1 aliphatic heterocycles. The van der Waals surface area contributed by atoms with E-state index >= 15 is 0 Å². The lowest BCUT2D eigenvalue weighted by molar-refractivity contribution is 0.0291. The Labute approximate surface area is 180 Å². The molecule has 0 N–H and O–H groups in total. The van der Waals surface area contributed by atoms with Gasteiger partial charge in [0.2, 0.25) is 0 Å². The van der Waals surface area contributed by atoms with Crippen LogP contribution in [0, 0.1) is 0 Å². The molecule has 0 spiro atoms. The maximum Gasteiger partial charge on any atom is 0.416 e. The van der Waals surface area contributed by atoms with Crippen LogP contribution in [0.15, 0.2) is 42.7 Å². The third-order valence-corrected chi connectivity index (χ3v) is 4.60. The van der Waals surface area contributed by atoms with E-state index in [0.717, 1.165) is 5.56 Å². The van der Waals surface area contributed by atoms with E-state index in [-0.39, 0.29) is 23.6 Å². The summed E-state index contributed by atoms with van der Waals surface area (Å²) in [4.78, 5) is 36.6. The van der Waals surface area contributed by atoms with Crippen molar-refractivity contribution in [3.63, 3.8) is 0 Å². The van der Waals surface area contributed by atoms with E-state index in [0.29, 0.717) is 19.5 Å². The summed E-state index contributed by atoms with van der Waals surface area (Å²) in [5.41, 5.74) is 0.270. The highest BCUT2D eigenvalue weighted by molar-refractivity contribution is 6.29. The van der Waals surface area contributed by atoms with Gasteiger partial charge >= 0.3 is 12.2 Å².